The molecule has 3 heterocycles. The van der Waals surface area contributed by atoms with Gasteiger partial charge in [0.1, 0.15) is 4.90 Å². The molecule has 3 rings (SSSR count). The lowest BCUT2D eigenvalue weighted by Crippen LogP contribution is -2.54. The van der Waals surface area contributed by atoms with Crippen LogP contribution in [-0.2, 0) is 14.8 Å². The molecule has 27 heavy (non-hydrogen) atoms. The van der Waals surface area contributed by atoms with Gasteiger partial charge in [0, 0.05) is 30.8 Å². The summed E-state index contributed by atoms with van der Waals surface area (Å²) in [5.74, 6) is -0.00360. The quantitative estimate of drug-likeness (QED) is 0.738. The van der Waals surface area contributed by atoms with Crippen LogP contribution in [0.1, 0.15) is 31.9 Å². The summed E-state index contributed by atoms with van der Waals surface area (Å²) in [7, 11) is -2.07. The zero-order valence-corrected chi connectivity index (χ0v) is 18.0. The molecule has 1 saturated heterocycles. The van der Waals surface area contributed by atoms with Gasteiger partial charge in [0.15, 0.2) is 5.96 Å². The number of aliphatic imine (C=N–C) groups is 1. The molecule has 2 atom stereocenters. The van der Waals surface area contributed by atoms with E-state index in [9.17, 15) is 13.2 Å². The number of hydrogen-bond acceptors (Lipinski definition) is 6. The number of pyridine rings is 1. The Kier molecular flexibility index (Phi) is 5.35. The zero-order valence-electron chi connectivity index (χ0n) is 15.6. The van der Waals surface area contributed by atoms with Crippen LogP contribution in [0, 0.1) is 12.8 Å². The smallest absolute Gasteiger partial charge is 0.244 e. The van der Waals surface area contributed by atoms with Gasteiger partial charge in [-0.2, -0.15) is 4.31 Å². The SMILES string of the molecule is Cc1ncc(S(=O)(=O)N2CCCC([C@]3(C)CC(=O)N(C)C(N)=N3)C2)cc1Br. The van der Waals surface area contributed by atoms with E-state index in [-0.39, 0.29) is 29.1 Å². The average Bonchev–Trinajstić information content (AvgIpc) is 2.62. The molecule has 0 spiro atoms. The molecule has 8 nitrogen and oxygen atoms in total. The monoisotopic (exact) mass is 457 g/mol. The number of hydrogen-bond donors (Lipinski definition) is 1. The fourth-order valence-corrected chi connectivity index (χ4v) is 5.61. The second kappa shape index (κ2) is 7.14. The molecule has 1 amide bonds. The van der Waals surface area contributed by atoms with Crippen LogP contribution < -0.4 is 5.73 Å². The van der Waals surface area contributed by atoms with Crippen LogP contribution in [0.3, 0.4) is 0 Å². The van der Waals surface area contributed by atoms with E-state index in [1.165, 1.54) is 15.4 Å². The molecule has 0 radical (unpaired) electrons. The van der Waals surface area contributed by atoms with Gasteiger partial charge in [-0.05, 0) is 54.6 Å². The molecule has 0 aromatic carbocycles. The number of amides is 1. The van der Waals surface area contributed by atoms with E-state index >= 15 is 0 Å². The Labute approximate surface area is 168 Å². The summed E-state index contributed by atoms with van der Waals surface area (Å²) in [5, 5.41) is 0. The molecule has 148 valence electrons. The molecule has 0 aliphatic carbocycles. The van der Waals surface area contributed by atoms with Gasteiger partial charge in [-0.25, -0.2) is 13.4 Å². The van der Waals surface area contributed by atoms with Crippen LogP contribution in [0.15, 0.2) is 26.6 Å². The number of carbonyl (C=O) groups is 1. The van der Waals surface area contributed by atoms with Gasteiger partial charge in [-0.1, -0.05) is 0 Å². The third-order valence-corrected chi connectivity index (χ3v) is 8.13. The van der Waals surface area contributed by atoms with E-state index in [0.717, 1.165) is 12.1 Å². The van der Waals surface area contributed by atoms with Crippen molar-refractivity contribution in [2.24, 2.45) is 16.6 Å². The van der Waals surface area contributed by atoms with E-state index in [1.807, 2.05) is 6.92 Å². The van der Waals surface area contributed by atoms with E-state index in [0.29, 0.717) is 24.0 Å². The Bertz CT molecular complexity index is 904. The van der Waals surface area contributed by atoms with Crippen molar-refractivity contribution in [3.05, 3.63) is 22.4 Å². The van der Waals surface area contributed by atoms with Crippen LogP contribution in [-0.4, -0.2) is 60.1 Å². The van der Waals surface area contributed by atoms with Crippen molar-refractivity contribution >= 4 is 37.8 Å². The number of halogens is 1. The number of carbonyl (C=O) groups excluding carboxylic acids is 1. The maximum absolute atomic E-state index is 13.1. The van der Waals surface area contributed by atoms with Crippen molar-refractivity contribution in [3.8, 4) is 0 Å². The number of piperidine rings is 1. The molecule has 0 bridgehead atoms. The first-order chi connectivity index (χ1) is 12.5. The summed E-state index contributed by atoms with van der Waals surface area (Å²) in [4.78, 5) is 22.4. The molecule has 0 saturated carbocycles. The third kappa shape index (κ3) is 3.74. The Hall–Kier alpha value is -1.52. The van der Waals surface area contributed by atoms with Gasteiger partial charge in [0.25, 0.3) is 0 Å². The Morgan fingerprint density at radius 2 is 2.11 bits per heavy atom. The highest BCUT2D eigenvalue weighted by Crippen LogP contribution is 2.37. The first-order valence-electron chi connectivity index (χ1n) is 8.79. The Morgan fingerprint density at radius 3 is 2.74 bits per heavy atom. The highest BCUT2D eigenvalue weighted by molar-refractivity contribution is 9.10. The molecular weight excluding hydrogens is 434 g/mol. The summed E-state index contributed by atoms with van der Waals surface area (Å²) in [6, 6.07) is 1.58. The fraction of sp³-hybridized carbons (Fsp3) is 0.588. The van der Waals surface area contributed by atoms with Crippen molar-refractivity contribution in [1.82, 2.24) is 14.2 Å². The molecule has 1 unspecified atom stereocenters. The summed E-state index contributed by atoms with van der Waals surface area (Å²) in [6.45, 7) is 4.43. The van der Waals surface area contributed by atoms with Gasteiger partial charge in [0.05, 0.1) is 17.7 Å². The highest BCUT2D eigenvalue weighted by atomic mass is 79.9. The van der Waals surface area contributed by atoms with Crippen molar-refractivity contribution < 1.29 is 13.2 Å². The maximum Gasteiger partial charge on any atom is 0.244 e. The lowest BCUT2D eigenvalue weighted by molar-refractivity contribution is -0.129. The number of sulfonamides is 1. The molecule has 2 N–H and O–H groups in total. The minimum absolute atomic E-state index is 0.0842. The Balaban J connectivity index is 1.87. The largest absolute Gasteiger partial charge is 0.369 e. The number of aromatic nitrogens is 1. The molecule has 1 aromatic rings. The first kappa shape index (κ1) is 20.2. The third-order valence-electron chi connectivity index (χ3n) is 5.50. The van der Waals surface area contributed by atoms with Gasteiger partial charge < -0.3 is 5.73 Å². The molecule has 2 aliphatic heterocycles. The first-order valence-corrected chi connectivity index (χ1v) is 11.0. The van der Waals surface area contributed by atoms with Crippen molar-refractivity contribution in [1.29, 1.82) is 0 Å². The Morgan fingerprint density at radius 1 is 1.41 bits per heavy atom. The normalized spacial score (nSPS) is 27.6. The molecule has 2 aliphatic rings. The van der Waals surface area contributed by atoms with Crippen molar-refractivity contribution in [3.63, 3.8) is 0 Å². The minimum Gasteiger partial charge on any atom is -0.369 e. The maximum atomic E-state index is 13.1. The second-order valence-electron chi connectivity index (χ2n) is 7.40. The molecule has 1 aromatic heterocycles. The predicted octanol–water partition coefficient (Wildman–Crippen LogP) is 1.49. The topological polar surface area (TPSA) is 109 Å². The number of guanidine groups is 1. The summed E-state index contributed by atoms with van der Waals surface area (Å²) >= 11 is 3.35. The standard InChI is InChI=1S/C17H24BrN5O3S/c1-11-14(18)7-13(9-20-11)27(25,26)23-6-4-5-12(10-23)17(2)8-15(24)22(3)16(19)21-17/h7,9,12H,4-6,8,10H2,1-3H3,(H2,19,21)/t12?,17-/m0/s1. The predicted molar refractivity (Wildman–Crippen MR) is 106 cm³/mol. The van der Waals surface area contributed by atoms with Gasteiger partial charge in [-0.3, -0.25) is 14.7 Å². The zero-order chi connectivity index (χ0) is 20.0. The van der Waals surface area contributed by atoms with Crippen molar-refractivity contribution in [2.45, 2.75) is 43.5 Å². The van der Waals surface area contributed by atoms with Crippen molar-refractivity contribution in [2.75, 3.05) is 20.1 Å². The summed E-state index contributed by atoms with van der Waals surface area (Å²) < 4.78 is 28.3. The van der Waals surface area contributed by atoms with Gasteiger partial charge in [0.2, 0.25) is 15.9 Å². The molecule has 1 fully saturated rings. The highest BCUT2D eigenvalue weighted by Gasteiger charge is 2.44. The summed E-state index contributed by atoms with van der Waals surface area (Å²) in [5.41, 5.74) is 5.93. The fourth-order valence-electron chi connectivity index (χ4n) is 3.61. The van der Waals surface area contributed by atoms with Gasteiger partial charge in [-0.15, -0.1) is 0 Å². The van der Waals surface area contributed by atoms with E-state index in [2.05, 4.69) is 25.9 Å². The van der Waals surface area contributed by atoms with Crippen LogP contribution in [0.5, 0.6) is 0 Å². The van der Waals surface area contributed by atoms with E-state index in [1.54, 1.807) is 20.0 Å². The van der Waals surface area contributed by atoms with Crippen LogP contribution in [0.25, 0.3) is 0 Å². The number of nitrogens with two attached hydrogens (primary N) is 1. The number of aryl methyl sites for hydroxylation is 1. The average molecular weight is 458 g/mol. The minimum atomic E-state index is -3.67. The number of nitrogens with zero attached hydrogens (tertiary/aromatic N) is 4. The lowest BCUT2D eigenvalue weighted by Gasteiger charge is -2.43. The molecule has 10 heteroatoms. The second-order valence-corrected chi connectivity index (χ2v) is 10.2. The summed E-state index contributed by atoms with van der Waals surface area (Å²) in [6.07, 6.45) is 3.11. The number of rotatable bonds is 3. The molecular formula is C17H24BrN5O3S. The van der Waals surface area contributed by atoms with Crippen LogP contribution in [0.2, 0.25) is 0 Å². The van der Waals surface area contributed by atoms with Crippen LogP contribution >= 0.6 is 15.9 Å². The van der Waals surface area contributed by atoms with Crippen LogP contribution in [0.4, 0.5) is 0 Å². The van der Waals surface area contributed by atoms with E-state index in [4.69, 9.17) is 5.73 Å². The van der Waals surface area contributed by atoms with Gasteiger partial charge >= 0.3 is 0 Å². The van der Waals surface area contributed by atoms with E-state index < -0.39 is 15.6 Å². The lowest BCUT2D eigenvalue weighted by atomic mass is 9.78.